The third-order valence-electron chi connectivity index (χ3n) is 4.28. The van der Waals surface area contributed by atoms with Crippen LogP contribution in [0.3, 0.4) is 0 Å². The lowest BCUT2D eigenvalue weighted by atomic mass is 10.1. The molecular formula is C23H30O4. The van der Waals surface area contributed by atoms with Crippen LogP contribution in [0.2, 0.25) is 0 Å². The van der Waals surface area contributed by atoms with E-state index in [1.807, 2.05) is 60.7 Å². The largest absolute Gasteiger partial charge is 0.393 e. The maximum atomic E-state index is 11.9. The standard InChI is InChI=1S/C23H30O4/c24-22(13-7-8-15-26-18-20-9-3-1-4-10-20)17-23(25)14-16-27-19-21-11-5-2-6-12-21/h1-6,9-12,23,25H,7-8,13-19H2/t23-/m0/s1. The van der Waals surface area contributed by atoms with Gasteiger partial charge in [0.2, 0.25) is 0 Å². The fraction of sp³-hybridized carbons (Fsp3) is 0.435. The molecule has 0 aliphatic rings. The number of aliphatic hydroxyl groups is 1. The summed E-state index contributed by atoms with van der Waals surface area (Å²) in [4.78, 5) is 11.9. The lowest BCUT2D eigenvalue weighted by molar-refractivity contribution is -0.121. The smallest absolute Gasteiger partial charge is 0.135 e. The molecule has 0 fully saturated rings. The van der Waals surface area contributed by atoms with Crippen molar-refractivity contribution in [2.45, 2.75) is 51.4 Å². The van der Waals surface area contributed by atoms with E-state index in [1.54, 1.807) is 0 Å². The van der Waals surface area contributed by atoms with Crippen molar-refractivity contribution in [3.63, 3.8) is 0 Å². The molecule has 0 aliphatic heterocycles. The van der Waals surface area contributed by atoms with Crippen LogP contribution in [0.1, 0.15) is 43.2 Å². The highest BCUT2D eigenvalue weighted by Crippen LogP contribution is 2.08. The fourth-order valence-electron chi connectivity index (χ4n) is 2.74. The fourth-order valence-corrected chi connectivity index (χ4v) is 2.74. The minimum Gasteiger partial charge on any atom is -0.393 e. The zero-order valence-corrected chi connectivity index (χ0v) is 15.9. The molecule has 2 aromatic rings. The average molecular weight is 370 g/mol. The number of hydrogen-bond donors (Lipinski definition) is 1. The zero-order valence-electron chi connectivity index (χ0n) is 15.9. The topological polar surface area (TPSA) is 55.8 Å². The van der Waals surface area contributed by atoms with Crippen LogP contribution >= 0.6 is 0 Å². The van der Waals surface area contributed by atoms with Crippen LogP contribution in [0.25, 0.3) is 0 Å². The molecule has 0 aliphatic carbocycles. The molecule has 1 atom stereocenters. The van der Waals surface area contributed by atoms with E-state index in [1.165, 1.54) is 0 Å². The molecule has 1 N–H and O–H groups in total. The van der Waals surface area contributed by atoms with Crippen molar-refractivity contribution in [2.24, 2.45) is 0 Å². The molecule has 2 rings (SSSR count). The van der Waals surface area contributed by atoms with E-state index >= 15 is 0 Å². The molecule has 0 bridgehead atoms. The molecular weight excluding hydrogens is 340 g/mol. The first-order chi connectivity index (χ1) is 13.2. The van der Waals surface area contributed by atoms with E-state index in [2.05, 4.69) is 0 Å². The van der Waals surface area contributed by atoms with Crippen molar-refractivity contribution in [1.29, 1.82) is 0 Å². The molecule has 0 saturated carbocycles. The Hall–Kier alpha value is -2.01. The lowest BCUT2D eigenvalue weighted by Gasteiger charge is -2.10. The first kappa shape index (κ1) is 21.3. The van der Waals surface area contributed by atoms with E-state index in [4.69, 9.17) is 9.47 Å². The second kappa shape index (κ2) is 13.2. The molecule has 4 heteroatoms. The van der Waals surface area contributed by atoms with Gasteiger partial charge in [-0.05, 0) is 30.4 Å². The molecule has 27 heavy (non-hydrogen) atoms. The first-order valence-electron chi connectivity index (χ1n) is 9.67. The Bertz CT molecular complexity index is 627. The predicted octanol–water partition coefficient (Wildman–Crippen LogP) is 4.30. The highest BCUT2D eigenvalue weighted by atomic mass is 16.5. The van der Waals surface area contributed by atoms with Crippen molar-refractivity contribution in [1.82, 2.24) is 0 Å². The van der Waals surface area contributed by atoms with Crippen molar-refractivity contribution < 1.29 is 19.4 Å². The van der Waals surface area contributed by atoms with Crippen molar-refractivity contribution in [3.05, 3.63) is 71.8 Å². The number of rotatable bonds is 14. The average Bonchev–Trinajstić information content (AvgIpc) is 2.69. The highest BCUT2D eigenvalue weighted by Gasteiger charge is 2.10. The Balaban J connectivity index is 1.44. The third kappa shape index (κ3) is 10.0. The molecule has 0 spiro atoms. The van der Waals surface area contributed by atoms with Gasteiger partial charge in [0.25, 0.3) is 0 Å². The minimum atomic E-state index is -0.623. The first-order valence-corrected chi connectivity index (χ1v) is 9.67. The summed E-state index contributed by atoms with van der Waals surface area (Å²) in [6.45, 7) is 2.25. The summed E-state index contributed by atoms with van der Waals surface area (Å²) in [6, 6.07) is 20.0. The van der Waals surface area contributed by atoms with Gasteiger partial charge < -0.3 is 14.6 Å². The normalized spacial score (nSPS) is 12.0. The molecule has 0 aromatic heterocycles. The van der Waals surface area contributed by atoms with Gasteiger partial charge in [0, 0.05) is 26.1 Å². The number of ketones is 1. The van der Waals surface area contributed by atoms with E-state index in [0.29, 0.717) is 39.3 Å². The summed E-state index contributed by atoms with van der Waals surface area (Å²) < 4.78 is 11.2. The Morgan fingerprint density at radius 2 is 1.37 bits per heavy atom. The second-order valence-electron chi connectivity index (χ2n) is 6.72. The van der Waals surface area contributed by atoms with Gasteiger partial charge in [0.15, 0.2) is 0 Å². The van der Waals surface area contributed by atoms with Crippen molar-refractivity contribution in [3.8, 4) is 0 Å². The van der Waals surface area contributed by atoms with E-state index in [-0.39, 0.29) is 12.2 Å². The predicted molar refractivity (Wildman–Crippen MR) is 106 cm³/mol. The Kier molecular flexibility index (Phi) is 10.4. The SMILES string of the molecule is O=C(CCCCOCc1ccccc1)C[C@@H](O)CCOCc1ccccc1. The zero-order chi connectivity index (χ0) is 19.2. The molecule has 0 unspecified atom stereocenters. The second-order valence-corrected chi connectivity index (χ2v) is 6.72. The summed E-state index contributed by atoms with van der Waals surface area (Å²) in [5.74, 6) is 0.105. The molecule has 4 nitrogen and oxygen atoms in total. The number of benzene rings is 2. The Morgan fingerprint density at radius 3 is 1.96 bits per heavy atom. The molecule has 0 radical (unpaired) electrons. The van der Waals surface area contributed by atoms with Crippen LogP contribution in [0, 0.1) is 0 Å². The van der Waals surface area contributed by atoms with Gasteiger partial charge >= 0.3 is 0 Å². The van der Waals surface area contributed by atoms with E-state index in [0.717, 1.165) is 24.0 Å². The number of unbranched alkanes of at least 4 members (excludes halogenated alkanes) is 1. The maximum absolute atomic E-state index is 11.9. The van der Waals surface area contributed by atoms with Crippen molar-refractivity contribution >= 4 is 5.78 Å². The number of Topliss-reactive ketones (excluding diaryl/α,β-unsaturated/α-hetero) is 1. The van der Waals surface area contributed by atoms with Crippen LogP contribution < -0.4 is 0 Å². The molecule has 0 amide bonds. The summed E-state index contributed by atoms with van der Waals surface area (Å²) >= 11 is 0. The maximum Gasteiger partial charge on any atom is 0.135 e. The molecule has 146 valence electrons. The molecule has 0 saturated heterocycles. The number of carbonyl (C=O) groups excluding carboxylic acids is 1. The number of hydrogen-bond acceptors (Lipinski definition) is 4. The van der Waals surface area contributed by atoms with E-state index < -0.39 is 6.10 Å². The number of carbonyl (C=O) groups is 1. The van der Waals surface area contributed by atoms with Gasteiger partial charge in [0.1, 0.15) is 5.78 Å². The minimum absolute atomic E-state index is 0.105. The Labute approximate surface area is 162 Å². The number of aliphatic hydroxyl groups excluding tert-OH is 1. The van der Waals surface area contributed by atoms with Gasteiger partial charge in [-0.2, -0.15) is 0 Å². The van der Waals surface area contributed by atoms with E-state index in [9.17, 15) is 9.90 Å². The summed E-state index contributed by atoms with van der Waals surface area (Å²) in [6.07, 6.45) is 2.22. The quantitative estimate of drug-likeness (QED) is 0.504. The van der Waals surface area contributed by atoms with Crippen molar-refractivity contribution in [2.75, 3.05) is 13.2 Å². The van der Waals surface area contributed by atoms with Gasteiger partial charge in [-0.3, -0.25) is 4.79 Å². The van der Waals surface area contributed by atoms with Gasteiger partial charge in [-0.25, -0.2) is 0 Å². The lowest BCUT2D eigenvalue weighted by Crippen LogP contribution is -2.16. The molecule has 0 heterocycles. The van der Waals surface area contributed by atoms with Gasteiger partial charge in [-0.15, -0.1) is 0 Å². The van der Waals surface area contributed by atoms with Crippen LogP contribution in [0.4, 0.5) is 0 Å². The van der Waals surface area contributed by atoms with Crippen LogP contribution in [0.15, 0.2) is 60.7 Å². The molecule has 2 aromatic carbocycles. The van der Waals surface area contributed by atoms with Gasteiger partial charge in [-0.1, -0.05) is 60.7 Å². The summed E-state index contributed by atoms with van der Waals surface area (Å²) in [5.41, 5.74) is 2.27. The summed E-state index contributed by atoms with van der Waals surface area (Å²) in [7, 11) is 0. The number of ether oxygens (including phenoxy) is 2. The van der Waals surface area contributed by atoms with Crippen LogP contribution in [-0.2, 0) is 27.5 Å². The highest BCUT2D eigenvalue weighted by molar-refractivity contribution is 5.78. The monoisotopic (exact) mass is 370 g/mol. The third-order valence-corrected chi connectivity index (χ3v) is 4.28. The van der Waals surface area contributed by atoms with Crippen LogP contribution in [-0.4, -0.2) is 30.2 Å². The summed E-state index contributed by atoms with van der Waals surface area (Å²) in [5, 5.41) is 9.96. The van der Waals surface area contributed by atoms with Gasteiger partial charge in [0.05, 0.1) is 19.3 Å². The Morgan fingerprint density at radius 1 is 0.815 bits per heavy atom. The van der Waals surface area contributed by atoms with Crippen LogP contribution in [0.5, 0.6) is 0 Å².